The summed E-state index contributed by atoms with van der Waals surface area (Å²) in [5.74, 6) is -0.346. The molecule has 1 fully saturated rings. The number of hydrogen-bond acceptors (Lipinski definition) is 4. The molecule has 0 aromatic carbocycles. The van der Waals surface area contributed by atoms with E-state index in [9.17, 15) is 15.0 Å². The van der Waals surface area contributed by atoms with E-state index in [1.165, 1.54) is 0 Å². The predicted molar refractivity (Wildman–Crippen MR) is 72.3 cm³/mol. The first-order valence-electron chi connectivity index (χ1n) is 7.07. The normalized spacial score (nSPS) is 33.3. The summed E-state index contributed by atoms with van der Waals surface area (Å²) in [6.45, 7) is 0.517. The number of aliphatic hydroxyl groups excluding tert-OH is 1. The lowest BCUT2D eigenvalue weighted by atomic mass is 9.76. The smallest absolute Gasteiger partial charge is 0.326 e. The van der Waals surface area contributed by atoms with E-state index < -0.39 is 17.6 Å². The molecule has 0 spiro atoms. The molecule has 0 aromatic rings. The molecule has 0 saturated heterocycles. The quantitative estimate of drug-likeness (QED) is 0.396. The van der Waals surface area contributed by atoms with E-state index in [1.807, 2.05) is 0 Å². The van der Waals surface area contributed by atoms with Crippen LogP contribution in [0.5, 0.6) is 0 Å². The maximum atomic E-state index is 11.5. The van der Waals surface area contributed by atoms with Gasteiger partial charge in [-0.25, -0.2) is 0 Å². The third-order valence-electron chi connectivity index (χ3n) is 4.71. The van der Waals surface area contributed by atoms with Crippen molar-refractivity contribution in [2.24, 2.45) is 29.2 Å². The highest BCUT2D eigenvalue weighted by Crippen LogP contribution is 2.46. The molecule has 2 rings (SSSR count). The Balaban J connectivity index is 2.05. The molecule has 0 aromatic heterocycles. The Kier molecular flexibility index (Phi) is 4.28. The van der Waals surface area contributed by atoms with Gasteiger partial charge in [0, 0.05) is 0 Å². The van der Waals surface area contributed by atoms with Crippen molar-refractivity contribution in [1.29, 1.82) is 0 Å². The zero-order chi connectivity index (χ0) is 14.0. The summed E-state index contributed by atoms with van der Waals surface area (Å²) in [7, 11) is 0. The topological polar surface area (TPSA) is 110 Å². The highest BCUT2D eigenvalue weighted by atomic mass is 16.4. The molecule has 0 amide bonds. The van der Waals surface area contributed by atoms with Gasteiger partial charge in [0.2, 0.25) is 0 Å². The molecule has 2 aliphatic rings. The fourth-order valence-corrected chi connectivity index (χ4v) is 3.51. The molecule has 0 heterocycles. The number of fused-ring (bicyclic) bond motifs is 2. The molecule has 6 N–H and O–H groups in total. The molecular formula is C14H24N2O3. The van der Waals surface area contributed by atoms with Gasteiger partial charge < -0.3 is 21.7 Å². The average Bonchev–Trinajstić information content (AvgIpc) is 2.99. The SMILES string of the molecule is NCCCC[C@@](N)(C(=O)O)[C@@H](O)C1CC2C=CC1C2. The molecule has 2 aliphatic carbocycles. The molecule has 108 valence electrons. The molecule has 2 bridgehead atoms. The Morgan fingerprint density at radius 1 is 1.37 bits per heavy atom. The lowest BCUT2D eigenvalue weighted by molar-refractivity contribution is -0.150. The minimum atomic E-state index is -1.54. The molecule has 0 radical (unpaired) electrons. The first-order chi connectivity index (χ1) is 8.99. The second kappa shape index (κ2) is 5.61. The second-order valence-electron chi connectivity index (χ2n) is 5.98. The van der Waals surface area contributed by atoms with Gasteiger partial charge in [0.05, 0.1) is 6.10 Å². The molecule has 5 atom stereocenters. The zero-order valence-corrected chi connectivity index (χ0v) is 11.2. The van der Waals surface area contributed by atoms with Crippen LogP contribution in [0.1, 0.15) is 32.1 Å². The number of aliphatic carboxylic acids is 1. The summed E-state index contributed by atoms with van der Waals surface area (Å²) in [6.07, 6.45) is 6.81. The second-order valence-corrected chi connectivity index (χ2v) is 5.98. The van der Waals surface area contributed by atoms with Gasteiger partial charge in [0.25, 0.3) is 0 Å². The van der Waals surface area contributed by atoms with E-state index in [-0.39, 0.29) is 18.3 Å². The molecule has 3 unspecified atom stereocenters. The predicted octanol–water partition coefficient (Wildman–Crippen LogP) is 0.471. The maximum absolute atomic E-state index is 11.5. The van der Waals surface area contributed by atoms with E-state index in [2.05, 4.69) is 12.2 Å². The maximum Gasteiger partial charge on any atom is 0.326 e. The third kappa shape index (κ3) is 2.68. The number of hydrogen-bond donors (Lipinski definition) is 4. The summed E-state index contributed by atoms with van der Waals surface area (Å²) in [5.41, 5.74) is 9.90. The van der Waals surface area contributed by atoms with Crippen LogP contribution in [0, 0.1) is 17.8 Å². The van der Waals surface area contributed by atoms with Crippen molar-refractivity contribution >= 4 is 5.97 Å². The lowest BCUT2D eigenvalue weighted by Crippen LogP contribution is -2.60. The summed E-state index contributed by atoms with van der Waals surface area (Å²) in [6, 6.07) is 0. The monoisotopic (exact) mass is 268 g/mol. The van der Waals surface area contributed by atoms with Crippen LogP contribution < -0.4 is 11.5 Å². The van der Waals surface area contributed by atoms with Crippen LogP contribution in [0.4, 0.5) is 0 Å². The number of rotatable bonds is 7. The number of unbranched alkanes of at least 4 members (excludes halogenated alkanes) is 1. The number of nitrogens with two attached hydrogens (primary N) is 2. The van der Waals surface area contributed by atoms with Gasteiger partial charge >= 0.3 is 5.97 Å². The zero-order valence-electron chi connectivity index (χ0n) is 11.2. The van der Waals surface area contributed by atoms with Crippen LogP contribution in [-0.4, -0.2) is 34.4 Å². The van der Waals surface area contributed by atoms with Crippen molar-refractivity contribution in [3.63, 3.8) is 0 Å². The van der Waals surface area contributed by atoms with Crippen molar-refractivity contribution < 1.29 is 15.0 Å². The van der Waals surface area contributed by atoms with E-state index in [4.69, 9.17) is 11.5 Å². The number of carbonyl (C=O) groups is 1. The van der Waals surface area contributed by atoms with E-state index >= 15 is 0 Å². The van der Waals surface area contributed by atoms with Crippen LogP contribution in [0.15, 0.2) is 12.2 Å². The lowest BCUT2D eigenvalue weighted by Gasteiger charge is -2.36. The van der Waals surface area contributed by atoms with E-state index in [0.717, 1.165) is 19.3 Å². The fraction of sp³-hybridized carbons (Fsp3) is 0.786. The Labute approximate surface area is 113 Å². The van der Waals surface area contributed by atoms with Gasteiger partial charge in [0.15, 0.2) is 0 Å². The van der Waals surface area contributed by atoms with Crippen molar-refractivity contribution in [3.05, 3.63) is 12.2 Å². The van der Waals surface area contributed by atoms with Crippen LogP contribution >= 0.6 is 0 Å². The van der Waals surface area contributed by atoms with Gasteiger partial charge in [-0.2, -0.15) is 0 Å². The molecule has 19 heavy (non-hydrogen) atoms. The van der Waals surface area contributed by atoms with Crippen molar-refractivity contribution in [3.8, 4) is 0 Å². The van der Waals surface area contributed by atoms with Gasteiger partial charge in [0.1, 0.15) is 5.54 Å². The van der Waals surface area contributed by atoms with Gasteiger partial charge in [-0.1, -0.05) is 12.2 Å². The molecule has 0 aliphatic heterocycles. The Morgan fingerprint density at radius 2 is 2.11 bits per heavy atom. The number of aliphatic hydroxyl groups is 1. The minimum absolute atomic E-state index is 0.0195. The first kappa shape index (κ1) is 14.5. The number of carboxylic acids is 1. The Morgan fingerprint density at radius 3 is 2.58 bits per heavy atom. The van der Waals surface area contributed by atoms with E-state index in [0.29, 0.717) is 18.9 Å². The Hall–Kier alpha value is -0.910. The van der Waals surface area contributed by atoms with Crippen LogP contribution in [0.25, 0.3) is 0 Å². The van der Waals surface area contributed by atoms with Crippen LogP contribution in [0.2, 0.25) is 0 Å². The highest BCUT2D eigenvalue weighted by Gasteiger charge is 2.50. The van der Waals surface area contributed by atoms with Crippen molar-refractivity contribution in [2.75, 3.05) is 6.54 Å². The van der Waals surface area contributed by atoms with Crippen LogP contribution in [0.3, 0.4) is 0 Å². The van der Waals surface area contributed by atoms with Crippen molar-refractivity contribution in [1.82, 2.24) is 0 Å². The standard InChI is InChI=1S/C14H24N2O3/c15-6-2-1-5-14(16,13(18)19)12(17)11-8-9-3-4-10(11)7-9/h3-4,9-12,17H,1-2,5-8,15-16H2,(H,18,19)/t9?,10?,11?,12-,14-/m0/s1. The van der Waals surface area contributed by atoms with Gasteiger partial charge in [-0.15, -0.1) is 0 Å². The largest absolute Gasteiger partial charge is 0.480 e. The van der Waals surface area contributed by atoms with Gasteiger partial charge in [-0.05, 0) is 56.4 Å². The highest BCUT2D eigenvalue weighted by molar-refractivity contribution is 5.79. The molecule has 5 nitrogen and oxygen atoms in total. The van der Waals surface area contributed by atoms with Crippen LogP contribution in [-0.2, 0) is 4.79 Å². The Bertz CT molecular complexity index is 372. The summed E-state index contributed by atoms with van der Waals surface area (Å²) in [4.78, 5) is 11.5. The fourth-order valence-electron chi connectivity index (χ4n) is 3.51. The summed E-state index contributed by atoms with van der Waals surface area (Å²) in [5, 5.41) is 19.9. The molecule has 1 saturated carbocycles. The number of carboxylic acid groups (broad SMARTS) is 1. The molecular weight excluding hydrogens is 244 g/mol. The number of allylic oxidation sites excluding steroid dienone is 2. The average molecular weight is 268 g/mol. The first-order valence-corrected chi connectivity index (χ1v) is 7.07. The minimum Gasteiger partial charge on any atom is -0.480 e. The summed E-state index contributed by atoms with van der Waals surface area (Å²) < 4.78 is 0. The van der Waals surface area contributed by atoms with E-state index in [1.54, 1.807) is 0 Å². The third-order valence-corrected chi connectivity index (χ3v) is 4.71. The summed E-state index contributed by atoms with van der Waals surface area (Å²) >= 11 is 0. The molecule has 5 heteroatoms. The van der Waals surface area contributed by atoms with Gasteiger partial charge in [-0.3, -0.25) is 4.79 Å². The van der Waals surface area contributed by atoms with Crippen molar-refractivity contribution in [2.45, 2.75) is 43.7 Å².